The van der Waals surface area contributed by atoms with E-state index in [2.05, 4.69) is 27.7 Å². The lowest BCUT2D eigenvalue weighted by Gasteiger charge is -2.51. The molecule has 1 rings (SSSR count). The quantitative estimate of drug-likeness (QED) is 0.559. The largest absolute Gasteiger partial charge is 0.350 e. The summed E-state index contributed by atoms with van der Waals surface area (Å²) in [6, 6.07) is 0. The minimum Gasteiger partial charge on any atom is -0.350 e. The first-order valence-corrected chi connectivity index (χ1v) is 4.50. The highest BCUT2D eigenvalue weighted by atomic mass is 16.7. The van der Waals surface area contributed by atoms with Gasteiger partial charge in [0.05, 0.1) is 12.2 Å². The zero-order valence-electron chi connectivity index (χ0n) is 9.02. The van der Waals surface area contributed by atoms with Crippen LogP contribution in [0.5, 0.6) is 0 Å². The summed E-state index contributed by atoms with van der Waals surface area (Å²) >= 11 is 0. The molecule has 0 atom stereocenters. The Labute approximate surface area is 75.2 Å². The van der Waals surface area contributed by atoms with E-state index >= 15 is 0 Å². The number of rotatable bonds is 0. The van der Waals surface area contributed by atoms with Gasteiger partial charge in [-0.2, -0.15) is 0 Å². The highest BCUT2D eigenvalue weighted by molar-refractivity contribution is 4.92. The van der Waals surface area contributed by atoms with Gasteiger partial charge in [-0.25, -0.2) is 0 Å². The molecule has 0 N–H and O–H groups in total. The summed E-state index contributed by atoms with van der Waals surface area (Å²) in [6.07, 6.45) is 0. The van der Waals surface area contributed by atoms with Crippen molar-refractivity contribution < 1.29 is 9.47 Å². The van der Waals surface area contributed by atoms with Crippen LogP contribution < -0.4 is 0 Å². The molecule has 1 aliphatic rings. The molecule has 12 heavy (non-hydrogen) atoms. The summed E-state index contributed by atoms with van der Waals surface area (Å²) in [4.78, 5) is 0. The molecule has 72 valence electrons. The zero-order chi connectivity index (χ0) is 9.62. The maximum absolute atomic E-state index is 5.85. The molecule has 0 aromatic carbocycles. The van der Waals surface area contributed by atoms with Crippen molar-refractivity contribution in [1.82, 2.24) is 0 Å². The van der Waals surface area contributed by atoms with Crippen molar-refractivity contribution in [1.29, 1.82) is 0 Å². The van der Waals surface area contributed by atoms with E-state index in [1.807, 2.05) is 13.8 Å². The first-order valence-electron chi connectivity index (χ1n) is 4.50. The van der Waals surface area contributed by atoms with Gasteiger partial charge in [0.1, 0.15) is 0 Å². The first-order chi connectivity index (χ1) is 5.16. The van der Waals surface area contributed by atoms with Gasteiger partial charge < -0.3 is 9.47 Å². The lowest BCUT2D eigenvalue weighted by Crippen LogP contribution is -2.56. The molecule has 0 aliphatic carbocycles. The Morgan fingerprint density at radius 2 is 1.42 bits per heavy atom. The Morgan fingerprint density at radius 3 is 1.75 bits per heavy atom. The molecule has 0 amide bonds. The SMILES string of the molecule is CC1(C)OCC(C)(C)C(C)(C)O1. The van der Waals surface area contributed by atoms with Gasteiger partial charge >= 0.3 is 0 Å². The molecule has 0 unspecified atom stereocenters. The van der Waals surface area contributed by atoms with Crippen LogP contribution >= 0.6 is 0 Å². The molecule has 0 spiro atoms. The summed E-state index contributed by atoms with van der Waals surface area (Å²) in [5, 5.41) is 0. The number of ether oxygens (including phenoxy) is 2. The van der Waals surface area contributed by atoms with Crippen LogP contribution in [0.4, 0.5) is 0 Å². The second-order valence-corrected chi connectivity index (χ2v) is 5.18. The van der Waals surface area contributed by atoms with Gasteiger partial charge in [-0.1, -0.05) is 13.8 Å². The van der Waals surface area contributed by atoms with E-state index in [4.69, 9.17) is 9.47 Å². The van der Waals surface area contributed by atoms with Crippen molar-refractivity contribution in [2.75, 3.05) is 6.61 Å². The predicted molar refractivity (Wildman–Crippen MR) is 49.0 cm³/mol. The van der Waals surface area contributed by atoms with Crippen LogP contribution in [0.25, 0.3) is 0 Å². The second kappa shape index (κ2) is 2.46. The van der Waals surface area contributed by atoms with Gasteiger partial charge in [0.15, 0.2) is 5.79 Å². The Kier molecular flexibility index (Phi) is 2.05. The van der Waals surface area contributed by atoms with E-state index in [0.29, 0.717) is 0 Å². The van der Waals surface area contributed by atoms with Gasteiger partial charge in [0.2, 0.25) is 0 Å². The van der Waals surface area contributed by atoms with Gasteiger partial charge in [-0.3, -0.25) is 0 Å². The summed E-state index contributed by atoms with van der Waals surface area (Å²) in [5.74, 6) is -0.432. The molecule has 0 saturated carbocycles. The number of hydrogen-bond donors (Lipinski definition) is 0. The summed E-state index contributed by atoms with van der Waals surface area (Å²) < 4.78 is 11.4. The molecule has 1 heterocycles. The first kappa shape index (κ1) is 10.0. The average Bonchev–Trinajstić information content (AvgIpc) is 1.79. The van der Waals surface area contributed by atoms with E-state index in [1.165, 1.54) is 0 Å². The van der Waals surface area contributed by atoms with Crippen LogP contribution in [0.15, 0.2) is 0 Å². The monoisotopic (exact) mass is 172 g/mol. The molecular formula is C10H20O2. The van der Waals surface area contributed by atoms with Crippen LogP contribution in [0.2, 0.25) is 0 Å². The summed E-state index contributed by atoms with van der Waals surface area (Å²) in [5.41, 5.74) is -0.0305. The van der Waals surface area contributed by atoms with Crippen molar-refractivity contribution in [2.24, 2.45) is 5.41 Å². The van der Waals surface area contributed by atoms with Crippen LogP contribution in [-0.2, 0) is 9.47 Å². The van der Waals surface area contributed by atoms with Crippen LogP contribution in [0.3, 0.4) is 0 Å². The van der Waals surface area contributed by atoms with E-state index in [1.54, 1.807) is 0 Å². The third-order valence-corrected chi connectivity index (χ3v) is 2.91. The molecule has 0 aromatic rings. The van der Waals surface area contributed by atoms with Gasteiger partial charge in [-0.05, 0) is 27.7 Å². The van der Waals surface area contributed by atoms with Crippen molar-refractivity contribution in [3.05, 3.63) is 0 Å². The molecule has 1 aliphatic heterocycles. The smallest absolute Gasteiger partial charge is 0.163 e. The fraction of sp³-hybridized carbons (Fsp3) is 1.00. The normalized spacial score (nSPS) is 31.5. The highest BCUT2D eigenvalue weighted by Gasteiger charge is 2.47. The van der Waals surface area contributed by atoms with E-state index in [0.717, 1.165) is 6.61 Å². The highest BCUT2D eigenvalue weighted by Crippen LogP contribution is 2.42. The Hall–Kier alpha value is -0.0800. The molecule has 0 radical (unpaired) electrons. The minimum absolute atomic E-state index is 0.0858. The fourth-order valence-corrected chi connectivity index (χ4v) is 1.31. The van der Waals surface area contributed by atoms with Crippen LogP contribution in [-0.4, -0.2) is 18.0 Å². The van der Waals surface area contributed by atoms with Crippen molar-refractivity contribution in [3.63, 3.8) is 0 Å². The molecular weight excluding hydrogens is 152 g/mol. The Morgan fingerprint density at radius 1 is 0.917 bits per heavy atom. The molecule has 1 fully saturated rings. The third-order valence-electron chi connectivity index (χ3n) is 2.91. The molecule has 1 saturated heterocycles. The molecule has 0 bridgehead atoms. The van der Waals surface area contributed by atoms with Crippen molar-refractivity contribution in [3.8, 4) is 0 Å². The molecule has 2 nitrogen and oxygen atoms in total. The maximum Gasteiger partial charge on any atom is 0.163 e. The second-order valence-electron chi connectivity index (χ2n) is 5.18. The Bertz CT molecular complexity index is 180. The third kappa shape index (κ3) is 1.64. The minimum atomic E-state index is -0.432. The van der Waals surface area contributed by atoms with Crippen LogP contribution in [0.1, 0.15) is 41.5 Å². The van der Waals surface area contributed by atoms with Gasteiger partial charge in [-0.15, -0.1) is 0 Å². The van der Waals surface area contributed by atoms with Gasteiger partial charge in [0.25, 0.3) is 0 Å². The average molecular weight is 172 g/mol. The zero-order valence-corrected chi connectivity index (χ0v) is 9.02. The van der Waals surface area contributed by atoms with E-state index in [-0.39, 0.29) is 11.0 Å². The standard InChI is InChI=1S/C10H20O2/c1-8(2)7-11-10(5,6)12-9(8,3)4/h7H2,1-6H3. The lowest BCUT2D eigenvalue weighted by atomic mass is 9.76. The predicted octanol–water partition coefficient (Wildman–Crippen LogP) is 2.57. The van der Waals surface area contributed by atoms with Crippen LogP contribution in [0, 0.1) is 5.41 Å². The molecule has 2 heteroatoms. The lowest BCUT2D eigenvalue weighted by molar-refractivity contribution is -0.342. The van der Waals surface area contributed by atoms with Gasteiger partial charge in [0, 0.05) is 5.41 Å². The fourth-order valence-electron chi connectivity index (χ4n) is 1.31. The Balaban J connectivity index is 2.82. The summed E-state index contributed by atoms with van der Waals surface area (Å²) in [7, 11) is 0. The van der Waals surface area contributed by atoms with E-state index < -0.39 is 5.79 Å². The molecule has 0 aromatic heterocycles. The maximum atomic E-state index is 5.85. The van der Waals surface area contributed by atoms with Crippen molar-refractivity contribution >= 4 is 0 Å². The van der Waals surface area contributed by atoms with Crippen molar-refractivity contribution in [2.45, 2.75) is 52.9 Å². The number of hydrogen-bond acceptors (Lipinski definition) is 2. The summed E-state index contributed by atoms with van der Waals surface area (Å²) in [6.45, 7) is 13.3. The van der Waals surface area contributed by atoms with E-state index in [9.17, 15) is 0 Å². The topological polar surface area (TPSA) is 18.5 Å².